The lowest BCUT2D eigenvalue weighted by molar-refractivity contribution is 0.689. The first kappa shape index (κ1) is 14.5. The monoisotopic (exact) mass is 288 g/mol. The maximum atomic E-state index is 5.22. The number of hydrogen-bond acceptors (Lipinski definition) is 2. The molecule has 0 radical (unpaired) electrons. The Hall–Kier alpha value is -1.88. The van der Waals surface area contributed by atoms with Gasteiger partial charge in [-0.2, -0.15) is 5.10 Å². The first-order chi connectivity index (χ1) is 9.78. The predicted molar refractivity (Wildman–Crippen MR) is 86.9 cm³/mol. The average Bonchev–Trinajstić information content (AvgIpc) is 2.87. The highest BCUT2D eigenvalue weighted by Crippen LogP contribution is 2.06. The Morgan fingerprint density at radius 2 is 2.05 bits per heavy atom. The van der Waals surface area contributed by atoms with Crippen LogP contribution >= 0.6 is 12.2 Å². The Morgan fingerprint density at radius 3 is 2.80 bits per heavy atom. The van der Waals surface area contributed by atoms with Gasteiger partial charge in [0.2, 0.25) is 0 Å². The third-order valence-electron chi connectivity index (χ3n) is 2.89. The summed E-state index contributed by atoms with van der Waals surface area (Å²) in [5.74, 6) is 0.773. The molecule has 0 amide bonds. The van der Waals surface area contributed by atoms with Crippen LogP contribution in [0.2, 0.25) is 0 Å². The minimum atomic E-state index is 0.628. The lowest BCUT2D eigenvalue weighted by atomic mass is 10.2. The fourth-order valence-electron chi connectivity index (χ4n) is 1.83. The number of aromatic nitrogens is 2. The number of benzene rings is 1. The minimum Gasteiger partial charge on any atom is -0.362 e. The average molecular weight is 288 g/mol. The van der Waals surface area contributed by atoms with E-state index in [-0.39, 0.29) is 0 Å². The second kappa shape index (κ2) is 7.65. The molecule has 0 fully saturated rings. The first-order valence-electron chi connectivity index (χ1n) is 6.90. The van der Waals surface area contributed by atoms with Gasteiger partial charge >= 0.3 is 0 Å². The van der Waals surface area contributed by atoms with Crippen molar-refractivity contribution in [2.24, 2.45) is 0 Å². The molecular weight excluding hydrogens is 268 g/mol. The van der Waals surface area contributed by atoms with Crippen molar-refractivity contribution in [1.82, 2.24) is 15.1 Å². The van der Waals surface area contributed by atoms with E-state index in [1.165, 1.54) is 5.56 Å². The summed E-state index contributed by atoms with van der Waals surface area (Å²) >= 11 is 5.22. The SMILES string of the molecule is CCCCNC(=S)Nc1ccn(Cc2ccccc2)n1. The van der Waals surface area contributed by atoms with Crippen molar-refractivity contribution >= 4 is 23.1 Å². The zero-order valence-electron chi connectivity index (χ0n) is 11.7. The van der Waals surface area contributed by atoms with E-state index in [1.807, 2.05) is 35.1 Å². The van der Waals surface area contributed by atoms with Crippen LogP contribution in [0.15, 0.2) is 42.6 Å². The molecule has 20 heavy (non-hydrogen) atoms. The third-order valence-corrected chi connectivity index (χ3v) is 3.13. The molecule has 0 saturated carbocycles. The van der Waals surface area contributed by atoms with Gasteiger partial charge in [0.25, 0.3) is 0 Å². The Balaban J connectivity index is 1.84. The number of thiocarbonyl (C=S) groups is 1. The van der Waals surface area contributed by atoms with E-state index in [9.17, 15) is 0 Å². The Morgan fingerprint density at radius 1 is 1.25 bits per heavy atom. The van der Waals surface area contributed by atoms with Gasteiger partial charge in [-0.1, -0.05) is 43.7 Å². The van der Waals surface area contributed by atoms with Gasteiger partial charge in [0.1, 0.15) is 0 Å². The molecule has 0 unspecified atom stereocenters. The van der Waals surface area contributed by atoms with E-state index in [2.05, 4.69) is 34.8 Å². The molecule has 5 heteroatoms. The summed E-state index contributed by atoms with van der Waals surface area (Å²) in [5.41, 5.74) is 1.23. The van der Waals surface area contributed by atoms with Gasteiger partial charge in [0.05, 0.1) is 6.54 Å². The molecule has 1 heterocycles. The van der Waals surface area contributed by atoms with Crippen LogP contribution in [0.4, 0.5) is 5.82 Å². The number of nitrogens with zero attached hydrogens (tertiary/aromatic N) is 2. The summed E-state index contributed by atoms with van der Waals surface area (Å²) in [6.45, 7) is 3.81. The molecule has 1 aromatic carbocycles. The van der Waals surface area contributed by atoms with Crippen LogP contribution < -0.4 is 10.6 Å². The van der Waals surface area contributed by atoms with Crippen molar-refractivity contribution in [2.75, 3.05) is 11.9 Å². The summed E-state index contributed by atoms with van der Waals surface area (Å²) in [6.07, 6.45) is 4.22. The standard InChI is InChI=1S/C15H20N4S/c1-2-3-10-16-15(20)17-14-9-11-19(18-14)12-13-7-5-4-6-8-13/h4-9,11H,2-3,10,12H2,1H3,(H2,16,17,18,20). The summed E-state index contributed by atoms with van der Waals surface area (Å²) in [7, 11) is 0. The molecule has 1 aromatic heterocycles. The van der Waals surface area contributed by atoms with Gasteiger partial charge in [0.15, 0.2) is 10.9 Å². The molecule has 0 atom stereocenters. The topological polar surface area (TPSA) is 41.9 Å². The van der Waals surface area contributed by atoms with Crippen molar-refractivity contribution in [3.05, 3.63) is 48.2 Å². The van der Waals surface area contributed by atoms with E-state index >= 15 is 0 Å². The van der Waals surface area contributed by atoms with E-state index in [0.29, 0.717) is 5.11 Å². The van der Waals surface area contributed by atoms with E-state index < -0.39 is 0 Å². The molecule has 4 nitrogen and oxygen atoms in total. The van der Waals surface area contributed by atoms with Crippen LogP contribution in [-0.2, 0) is 6.54 Å². The molecule has 2 rings (SSSR count). The molecule has 2 aromatic rings. The summed E-state index contributed by atoms with van der Waals surface area (Å²) in [6, 6.07) is 12.2. The van der Waals surface area contributed by atoms with E-state index in [1.54, 1.807) is 0 Å². The fourth-order valence-corrected chi connectivity index (χ4v) is 2.03. The molecule has 0 aliphatic heterocycles. The number of unbranched alkanes of at least 4 members (excludes halogenated alkanes) is 1. The zero-order valence-corrected chi connectivity index (χ0v) is 12.5. The van der Waals surface area contributed by atoms with Crippen LogP contribution in [0.1, 0.15) is 25.3 Å². The summed E-state index contributed by atoms with van der Waals surface area (Å²) in [4.78, 5) is 0. The quantitative estimate of drug-likeness (QED) is 0.633. The van der Waals surface area contributed by atoms with Crippen LogP contribution in [0, 0.1) is 0 Å². The number of nitrogens with one attached hydrogen (secondary N) is 2. The van der Waals surface area contributed by atoms with Gasteiger partial charge in [-0.05, 0) is 24.2 Å². The number of rotatable bonds is 6. The van der Waals surface area contributed by atoms with Crippen LogP contribution in [0.25, 0.3) is 0 Å². The molecule has 106 valence electrons. The highest BCUT2D eigenvalue weighted by Gasteiger charge is 2.01. The Labute approximate surface area is 125 Å². The van der Waals surface area contributed by atoms with Crippen molar-refractivity contribution in [1.29, 1.82) is 0 Å². The zero-order chi connectivity index (χ0) is 14.2. The smallest absolute Gasteiger partial charge is 0.171 e. The molecular formula is C15H20N4S. The lowest BCUT2D eigenvalue weighted by Gasteiger charge is -2.07. The van der Waals surface area contributed by atoms with Crippen molar-refractivity contribution in [3.8, 4) is 0 Å². The van der Waals surface area contributed by atoms with Gasteiger partial charge in [-0.3, -0.25) is 4.68 Å². The van der Waals surface area contributed by atoms with Crippen LogP contribution in [0.5, 0.6) is 0 Å². The largest absolute Gasteiger partial charge is 0.362 e. The van der Waals surface area contributed by atoms with Gasteiger partial charge in [-0.15, -0.1) is 0 Å². The highest BCUT2D eigenvalue weighted by atomic mass is 32.1. The van der Waals surface area contributed by atoms with Gasteiger partial charge < -0.3 is 10.6 Å². The predicted octanol–water partition coefficient (Wildman–Crippen LogP) is 3.02. The molecule has 2 N–H and O–H groups in total. The normalized spacial score (nSPS) is 10.2. The first-order valence-corrected chi connectivity index (χ1v) is 7.31. The highest BCUT2D eigenvalue weighted by molar-refractivity contribution is 7.80. The maximum absolute atomic E-state index is 5.22. The summed E-state index contributed by atoms with van der Waals surface area (Å²) < 4.78 is 1.90. The minimum absolute atomic E-state index is 0.628. The van der Waals surface area contributed by atoms with Gasteiger partial charge in [-0.25, -0.2) is 0 Å². The molecule has 0 spiro atoms. The lowest BCUT2D eigenvalue weighted by Crippen LogP contribution is -2.29. The Kier molecular flexibility index (Phi) is 5.55. The second-order valence-electron chi connectivity index (χ2n) is 4.62. The summed E-state index contributed by atoms with van der Waals surface area (Å²) in [5, 5.41) is 11.3. The number of anilines is 1. The van der Waals surface area contributed by atoms with Crippen LogP contribution in [-0.4, -0.2) is 21.4 Å². The third kappa shape index (κ3) is 4.66. The molecule has 0 saturated heterocycles. The maximum Gasteiger partial charge on any atom is 0.171 e. The van der Waals surface area contributed by atoms with Crippen molar-refractivity contribution < 1.29 is 0 Å². The second-order valence-corrected chi connectivity index (χ2v) is 5.03. The van der Waals surface area contributed by atoms with Crippen LogP contribution in [0.3, 0.4) is 0 Å². The fraction of sp³-hybridized carbons (Fsp3) is 0.333. The van der Waals surface area contributed by atoms with Crippen molar-refractivity contribution in [3.63, 3.8) is 0 Å². The molecule has 0 bridgehead atoms. The molecule has 0 aliphatic rings. The molecule has 0 aliphatic carbocycles. The van der Waals surface area contributed by atoms with E-state index in [0.717, 1.165) is 31.7 Å². The van der Waals surface area contributed by atoms with E-state index in [4.69, 9.17) is 12.2 Å². The van der Waals surface area contributed by atoms with Crippen molar-refractivity contribution in [2.45, 2.75) is 26.3 Å². The Bertz CT molecular complexity index is 536. The van der Waals surface area contributed by atoms with Gasteiger partial charge in [0, 0.05) is 18.8 Å². The number of hydrogen-bond donors (Lipinski definition) is 2.